The van der Waals surface area contributed by atoms with Crippen LogP contribution in [0.2, 0.25) is 5.02 Å². The van der Waals surface area contributed by atoms with E-state index < -0.39 is 4.92 Å². The first-order valence-corrected chi connectivity index (χ1v) is 6.08. The largest absolute Gasteiger partial charge is 0.486 e. The molecule has 2 rings (SSSR count). The second kappa shape index (κ2) is 5.05. The molecule has 6 nitrogen and oxygen atoms in total. The number of benzene rings is 1. The Labute approximate surface area is 115 Å². The molecule has 1 aromatic carbocycles. The lowest BCUT2D eigenvalue weighted by Crippen LogP contribution is -2.36. The smallest absolute Gasteiger partial charge is 0.312 e. The first-order chi connectivity index (χ1) is 8.90. The second-order valence-electron chi connectivity index (χ2n) is 4.61. The molecule has 0 radical (unpaired) electrons. The third-order valence-electron chi connectivity index (χ3n) is 2.99. The molecule has 0 fully saturated rings. The first-order valence-electron chi connectivity index (χ1n) is 5.71. The van der Waals surface area contributed by atoms with E-state index >= 15 is 0 Å². The van der Waals surface area contributed by atoms with Crippen molar-refractivity contribution >= 4 is 23.2 Å². The van der Waals surface area contributed by atoms with Crippen LogP contribution in [0.5, 0.6) is 5.75 Å². The van der Waals surface area contributed by atoms with Gasteiger partial charge in [0.25, 0.3) is 0 Å². The molecule has 1 atom stereocenters. The van der Waals surface area contributed by atoms with Crippen LogP contribution < -0.4 is 4.74 Å². The number of nitro benzene ring substituents is 1. The highest BCUT2D eigenvalue weighted by molar-refractivity contribution is 6.31. The van der Waals surface area contributed by atoms with E-state index in [9.17, 15) is 14.9 Å². The molecule has 0 N–H and O–H groups in total. The van der Waals surface area contributed by atoms with Gasteiger partial charge in [0, 0.05) is 30.7 Å². The van der Waals surface area contributed by atoms with Crippen molar-refractivity contribution in [3.8, 4) is 5.75 Å². The van der Waals surface area contributed by atoms with Crippen LogP contribution in [0.15, 0.2) is 12.1 Å². The number of ether oxygens (including phenoxy) is 1. The van der Waals surface area contributed by atoms with Gasteiger partial charge in [0.15, 0.2) is 0 Å². The number of hydrogen-bond donors (Lipinski definition) is 0. The van der Waals surface area contributed by atoms with Crippen LogP contribution in [0.1, 0.15) is 5.56 Å². The molecule has 1 aliphatic heterocycles. The molecule has 1 aliphatic rings. The fourth-order valence-electron chi connectivity index (χ4n) is 2.12. The Bertz CT molecular complexity index is 545. The van der Waals surface area contributed by atoms with Crippen molar-refractivity contribution in [2.24, 2.45) is 5.92 Å². The number of fused-ring (bicyclic) bond motifs is 1. The summed E-state index contributed by atoms with van der Waals surface area (Å²) in [5.41, 5.74) is 0.448. The monoisotopic (exact) mass is 284 g/mol. The molecule has 1 unspecified atom stereocenters. The van der Waals surface area contributed by atoms with Gasteiger partial charge in [-0.25, -0.2) is 0 Å². The van der Waals surface area contributed by atoms with Gasteiger partial charge in [-0.05, 0) is 12.5 Å². The van der Waals surface area contributed by atoms with Crippen molar-refractivity contribution in [2.75, 3.05) is 20.7 Å². The molecule has 19 heavy (non-hydrogen) atoms. The van der Waals surface area contributed by atoms with Gasteiger partial charge in [0.1, 0.15) is 6.61 Å². The number of halogens is 1. The van der Waals surface area contributed by atoms with Crippen molar-refractivity contribution in [3.63, 3.8) is 0 Å². The number of rotatable bonds is 2. The molecule has 0 bridgehead atoms. The Kier molecular flexibility index (Phi) is 3.61. The third-order valence-corrected chi connectivity index (χ3v) is 3.21. The highest BCUT2D eigenvalue weighted by Gasteiger charge is 2.32. The predicted octanol–water partition coefficient (Wildman–Crippen LogP) is 1.89. The molecule has 1 aromatic rings. The van der Waals surface area contributed by atoms with E-state index in [0.717, 1.165) is 0 Å². The Morgan fingerprint density at radius 1 is 1.53 bits per heavy atom. The maximum atomic E-state index is 11.9. The maximum absolute atomic E-state index is 11.9. The third kappa shape index (κ3) is 2.63. The number of nitro groups is 1. The summed E-state index contributed by atoms with van der Waals surface area (Å²) in [7, 11) is 3.33. The minimum atomic E-state index is -0.529. The quantitative estimate of drug-likeness (QED) is 0.614. The number of carbonyl (C=O) groups is 1. The molecule has 1 amide bonds. The van der Waals surface area contributed by atoms with E-state index in [4.69, 9.17) is 16.3 Å². The standard InChI is InChI=1S/C12H13ClN2O4/c1-14(2)12(16)8-3-7-4-9(13)5-10(15(17)18)11(7)19-6-8/h4-5,8H,3,6H2,1-2H3. The topological polar surface area (TPSA) is 72.7 Å². The summed E-state index contributed by atoms with van der Waals surface area (Å²) in [6.07, 6.45) is 0.397. The summed E-state index contributed by atoms with van der Waals surface area (Å²) in [6, 6.07) is 2.87. The van der Waals surface area contributed by atoms with Crippen molar-refractivity contribution < 1.29 is 14.5 Å². The summed E-state index contributed by atoms with van der Waals surface area (Å²) in [4.78, 5) is 23.8. The summed E-state index contributed by atoms with van der Waals surface area (Å²) >= 11 is 5.86. The van der Waals surface area contributed by atoms with Crippen LogP contribution in [0.4, 0.5) is 5.69 Å². The normalized spacial score (nSPS) is 17.3. The van der Waals surface area contributed by atoms with Crippen molar-refractivity contribution in [1.29, 1.82) is 0 Å². The zero-order chi connectivity index (χ0) is 14.2. The SMILES string of the molecule is CN(C)C(=O)C1COc2c(cc(Cl)cc2[N+](=O)[O-])C1. The van der Waals surface area contributed by atoms with E-state index in [1.165, 1.54) is 11.0 Å². The summed E-state index contributed by atoms with van der Waals surface area (Å²) in [5.74, 6) is -0.175. The molecule has 7 heteroatoms. The molecule has 102 valence electrons. The van der Waals surface area contributed by atoms with Crippen molar-refractivity contribution in [1.82, 2.24) is 4.90 Å². The fraction of sp³-hybridized carbons (Fsp3) is 0.417. The number of nitrogens with zero attached hydrogens (tertiary/aromatic N) is 2. The van der Waals surface area contributed by atoms with E-state index in [1.54, 1.807) is 20.2 Å². The molecule has 0 saturated carbocycles. The minimum absolute atomic E-state index is 0.0618. The van der Waals surface area contributed by atoms with Crippen molar-refractivity contribution in [3.05, 3.63) is 32.8 Å². The number of hydrogen-bond acceptors (Lipinski definition) is 4. The first kappa shape index (κ1) is 13.6. The number of carbonyl (C=O) groups excluding carboxylic acids is 1. The van der Waals surface area contributed by atoms with E-state index in [2.05, 4.69) is 0 Å². The van der Waals surface area contributed by atoms with Gasteiger partial charge < -0.3 is 9.64 Å². The molecule has 0 aromatic heterocycles. The Balaban J connectivity index is 2.36. The summed E-state index contributed by atoms with van der Waals surface area (Å²) in [6.45, 7) is 0.145. The van der Waals surface area contributed by atoms with Gasteiger partial charge in [0.2, 0.25) is 11.7 Å². The molecule has 0 spiro atoms. The molecule has 1 heterocycles. The second-order valence-corrected chi connectivity index (χ2v) is 5.05. The maximum Gasteiger partial charge on any atom is 0.312 e. The van der Waals surface area contributed by atoms with Gasteiger partial charge in [-0.3, -0.25) is 14.9 Å². The average Bonchev–Trinajstić information content (AvgIpc) is 2.35. The summed E-state index contributed by atoms with van der Waals surface area (Å²) < 4.78 is 5.41. The van der Waals surface area contributed by atoms with Crippen LogP contribution in [0, 0.1) is 16.0 Å². The Hall–Kier alpha value is -1.82. The predicted molar refractivity (Wildman–Crippen MR) is 69.5 cm³/mol. The van der Waals surface area contributed by atoms with Gasteiger partial charge in [-0.15, -0.1) is 0 Å². The highest BCUT2D eigenvalue weighted by Crippen LogP contribution is 2.38. The van der Waals surface area contributed by atoms with Crippen LogP contribution in [-0.2, 0) is 11.2 Å². The van der Waals surface area contributed by atoms with Crippen molar-refractivity contribution in [2.45, 2.75) is 6.42 Å². The van der Waals surface area contributed by atoms with Gasteiger partial charge >= 0.3 is 5.69 Å². The summed E-state index contributed by atoms with van der Waals surface area (Å²) in [5, 5.41) is 11.2. The highest BCUT2D eigenvalue weighted by atomic mass is 35.5. The zero-order valence-electron chi connectivity index (χ0n) is 10.6. The molecular weight excluding hydrogens is 272 g/mol. The molecule has 0 saturated heterocycles. The molecule has 0 aliphatic carbocycles. The van der Waals surface area contributed by atoms with E-state index in [1.807, 2.05) is 0 Å². The lowest BCUT2D eigenvalue weighted by atomic mass is 9.95. The Morgan fingerprint density at radius 3 is 2.79 bits per heavy atom. The number of amides is 1. The van der Waals surface area contributed by atoms with Crippen LogP contribution in [0.25, 0.3) is 0 Å². The van der Waals surface area contributed by atoms with E-state index in [0.29, 0.717) is 12.0 Å². The van der Waals surface area contributed by atoms with E-state index in [-0.39, 0.29) is 34.9 Å². The lowest BCUT2D eigenvalue weighted by Gasteiger charge is -2.26. The lowest BCUT2D eigenvalue weighted by molar-refractivity contribution is -0.386. The average molecular weight is 285 g/mol. The van der Waals surface area contributed by atoms with Crippen LogP contribution in [0.3, 0.4) is 0 Å². The van der Waals surface area contributed by atoms with Crippen LogP contribution >= 0.6 is 11.6 Å². The Morgan fingerprint density at radius 2 is 2.21 bits per heavy atom. The van der Waals surface area contributed by atoms with Gasteiger partial charge in [-0.2, -0.15) is 0 Å². The fourth-order valence-corrected chi connectivity index (χ4v) is 2.36. The van der Waals surface area contributed by atoms with Gasteiger partial charge in [-0.1, -0.05) is 11.6 Å². The molecular formula is C12H13ClN2O4. The minimum Gasteiger partial charge on any atom is -0.486 e. The van der Waals surface area contributed by atoms with Crippen LogP contribution in [-0.4, -0.2) is 36.4 Å². The van der Waals surface area contributed by atoms with Gasteiger partial charge in [0.05, 0.1) is 10.8 Å². The zero-order valence-corrected chi connectivity index (χ0v) is 11.3.